The number of likely N-dealkylation sites (N-methyl/N-ethyl adjacent to an activating group) is 1. The van der Waals surface area contributed by atoms with E-state index in [0.717, 1.165) is 74.8 Å². The maximum absolute atomic E-state index is 13.0. The first-order valence-corrected chi connectivity index (χ1v) is 10.6. The minimum Gasteiger partial charge on any atom is -0.373 e. The third-order valence-electron chi connectivity index (χ3n) is 6.31. The molecule has 1 amide bonds. The van der Waals surface area contributed by atoms with Crippen molar-refractivity contribution >= 4 is 11.7 Å². The molecule has 1 saturated carbocycles. The van der Waals surface area contributed by atoms with Gasteiger partial charge in [0.05, 0.1) is 5.69 Å². The summed E-state index contributed by atoms with van der Waals surface area (Å²) in [4.78, 5) is 26.9. The molecule has 8 nitrogen and oxygen atoms in total. The van der Waals surface area contributed by atoms with E-state index >= 15 is 0 Å². The lowest BCUT2D eigenvalue weighted by Crippen LogP contribution is -2.40. The van der Waals surface area contributed by atoms with Crippen LogP contribution >= 0.6 is 0 Å². The number of piperidine rings is 1. The van der Waals surface area contributed by atoms with Crippen molar-refractivity contribution in [3.05, 3.63) is 34.6 Å². The zero-order chi connectivity index (χ0) is 20.0. The fraction of sp³-hybridized carbons (Fsp3) is 0.619. The monoisotopic (exact) mass is 396 g/mol. The van der Waals surface area contributed by atoms with Crippen LogP contribution in [-0.4, -0.2) is 64.6 Å². The summed E-state index contributed by atoms with van der Waals surface area (Å²) in [5.41, 5.74) is 2.77. The average Bonchev–Trinajstić information content (AvgIpc) is 3.48. The Hall–Kier alpha value is -2.48. The summed E-state index contributed by atoms with van der Waals surface area (Å²) < 4.78 is 5.38. The minimum absolute atomic E-state index is 0.0446. The number of nitrogens with zero attached hydrogens (tertiary/aromatic N) is 5. The van der Waals surface area contributed by atoms with E-state index in [2.05, 4.69) is 22.4 Å². The van der Waals surface area contributed by atoms with Crippen LogP contribution in [0.25, 0.3) is 0 Å². The number of rotatable bonds is 4. The smallest absolute Gasteiger partial charge is 0.276 e. The predicted octanol–water partition coefficient (Wildman–Crippen LogP) is 2.39. The average molecular weight is 396 g/mol. The van der Waals surface area contributed by atoms with E-state index in [9.17, 15) is 4.79 Å². The van der Waals surface area contributed by atoms with Crippen LogP contribution in [0.1, 0.15) is 70.8 Å². The maximum Gasteiger partial charge on any atom is 0.276 e. The minimum atomic E-state index is -0.0446. The molecular weight excluding hydrogens is 368 g/mol. The Balaban J connectivity index is 1.36. The van der Waals surface area contributed by atoms with E-state index in [1.165, 1.54) is 5.56 Å². The Labute approximate surface area is 170 Å². The van der Waals surface area contributed by atoms with E-state index in [0.29, 0.717) is 18.2 Å². The van der Waals surface area contributed by atoms with Gasteiger partial charge in [0.1, 0.15) is 17.4 Å². The molecule has 0 radical (unpaired) electrons. The van der Waals surface area contributed by atoms with Gasteiger partial charge in [-0.05, 0) is 39.2 Å². The molecule has 5 rings (SSSR count). The van der Waals surface area contributed by atoms with Crippen molar-refractivity contribution in [3.8, 4) is 0 Å². The largest absolute Gasteiger partial charge is 0.373 e. The van der Waals surface area contributed by atoms with Crippen LogP contribution in [0.3, 0.4) is 0 Å². The number of amides is 1. The summed E-state index contributed by atoms with van der Waals surface area (Å²) in [6.07, 6.45) is 5.17. The Bertz CT molecular complexity index is 922. The summed E-state index contributed by atoms with van der Waals surface area (Å²) in [6.45, 7) is 3.24. The van der Waals surface area contributed by atoms with Crippen molar-refractivity contribution < 1.29 is 9.32 Å². The van der Waals surface area contributed by atoms with Gasteiger partial charge in [-0.3, -0.25) is 4.79 Å². The molecule has 8 heteroatoms. The van der Waals surface area contributed by atoms with E-state index in [4.69, 9.17) is 14.5 Å². The van der Waals surface area contributed by atoms with Gasteiger partial charge in [-0.15, -0.1) is 0 Å². The molecule has 1 saturated heterocycles. The van der Waals surface area contributed by atoms with Gasteiger partial charge in [0.25, 0.3) is 5.91 Å². The van der Waals surface area contributed by atoms with Crippen molar-refractivity contribution in [2.75, 3.05) is 39.0 Å². The SMILES string of the molecule is CNc1nc(C2CCCN(C(=O)c3cc(C4CC4)on3)C2)nc2c1CCN(C)C2. The lowest BCUT2D eigenvalue weighted by Gasteiger charge is -2.32. The molecule has 2 aliphatic heterocycles. The lowest BCUT2D eigenvalue weighted by atomic mass is 9.96. The molecule has 2 fully saturated rings. The molecule has 154 valence electrons. The highest BCUT2D eigenvalue weighted by atomic mass is 16.5. The van der Waals surface area contributed by atoms with Crippen LogP contribution in [-0.2, 0) is 13.0 Å². The number of fused-ring (bicyclic) bond motifs is 1. The summed E-state index contributed by atoms with van der Waals surface area (Å²) in [7, 11) is 4.04. The van der Waals surface area contributed by atoms with E-state index in [1.54, 1.807) is 0 Å². The molecule has 2 aromatic rings. The molecule has 4 heterocycles. The first-order chi connectivity index (χ1) is 14.1. The van der Waals surface area contributed by atoms with Gasteiger partial charge in [0.15, 0.2) is 5.69 Å². The highest BCUT2D eigenvalue weighted by Gasteiger charge is 2.33. The number of hydrogen-bond acceptors (Lipinski definition) is 7. The number of hydrogen-bond donors (Lipinski definition) is 1. The lowest BCUT2D eigenvalue weighted by molar-refractivity contribution is 0.0694. The normalized spacial score (nSPS) is 22.4. The van der Waals surface area contributed by atoms with E-state index in [1.807, 2.05) is 18.0 Å². The van der Waals surface area contributed by atoms with Crippen LogP contribution in [0.5, 0.6) is 0 Å². The van der Waals surface area contributed by atoms with Gasteiger partial charge in [-0.25, -0.2) is 9.97 Å². The highest BCUT2D eigenvalue weighted by Crippen LogP contribution is 2.40. The molecule has 3 aliphatic rings. The van der Waals surface area contributed by atoms with Gasteiger partial charge >= 0.3 is 0 Å². The van der Waals surface area contributed by atoms with Crippen molar-refractivity contribution in [1.82, 2.24) is 24.9 Å². The zero-order valence-corrected chi connectivity index (χ0v) is 17.1. The number of anilines is 1. The first kappa shape index (κ1) is 18.5. The van der Waals surface area contributed by atoms with Crippen molar-refractivity contribution in [3.63, 3.8) is 0 Å². The molecule has 1 unspecified atom stereocenters. The third-order valence-corrected chi connectivity index (χ3v) is 6.31. The summed E-state index contributed by atoms with van der Waals surface area (Å²) in [5, 5.41) is 7.29. The molecule has 1 N–H and O–H groups in total. The quantitative estimate of drug-likeness (QED) is 0.849. The number of aromatic nitrogens is 3. The summed E-state index contributed by atoms with van der Waals surface area (Å²) in [5.74, 6) is 3.19. The van der Waals surface area contributed by atoms with Crippen molar-refractivity contribution in [2.24, 2.45) is 0 Å². The Morgan fingerprint density at radius 3 is 2.86 bits per heavy atom. The fourth-order valence-electron chi connectivity index (χ4n) is 4.45. The Kier molecular flexibility index (Phi) is 4.73. The van der Waals surface area contributed by atoms with Crippen molar-refractivity contribution in [1.29, 1.82) is 0 Å². The second kappa shape index (κ2) is 7.40. The molecule has 1 aliphatic carbocycles. The van der Waals surface area contributed by atoms with Crippen LogP contribution in [0, 0.1) is 0 Å². The topological polar surface area (TPSA) is 87.4 Å². The predicted molar refractivity (Wildman–Crippen MR) is 108 cm³/mol. The molecule has 0 spiro atoms. The van der Waals surface area contributed by atoms with Gasteiger partial charge in [0.2, 0.25) is 0 Å². The first-order valence-electron chi connectivity index (χ1n) is 10.6. The Morgan fingerprint density at radius 1 is 1.21 bits per heavy atom. The van der Waals surface area contributed by atoms with Crippen LogP contribution < -0.4 is 5.32 Å². The van der Waals surface area contributed by atoms with Crippen molar-refractivity contribution in [2.45, 2.75) is 50.5 Å². The van der Waals surface area contributed by atoms with E-state index < -0.39 is 0 Å². The standard InChI is InChI=1S/C21H28N6O2/c1-22-20-15-7-9-26(2)12-17(15)23-19(24-20)14-4-3-8-27(11-14)21(28)16-10-18(29-25-16)13-5-6-13/h10,13-14H,3-9,11-12H2,1-2H3,(H,22,23,24). The van der Waals surface area contributed by atoms with E-state index in [-0.39, 0.29) is 11.8 Å². The van der Waals surface area contributed by atoms with Gasteiger partial charge < -0.3 is 19.6 Å². The number of carbonyl (C=O) groups is 1. The summed E-state index contributed by atoms with van der Waals surface area (Å²) in [6, 6.07) is 1.83. The van der Waals surface area contributed by atoms with Crippen LogP contribution in [0.4, 0.5) is 5.82 Å². The maximum atomic E-state index is 13.0. The molecular formula is C21H28N6O2. The van der Waals surface area contributed by atoms with Gasteiger partial charge in [-0.2, -0.15) is 0 Å². The zero-order valence-electron chi connectivity index (χ0n) is 17.1. The molecule has 0 aromatic carbocycles. The third kappa shape index (κ3) is 3.61. The molecule has 29 heavy (non-hydrogen) atoms. The second-order valence-corrected chi connectivity index (χ2v) is 8.57. The number of likely N-dealkylation sites (tertiary alicyclic amines) is 1. The molecule has 2 aromatic heterocycles. The molecule has 1 atom stereocenters. The fourth-order valence-corrected chi connectivity index (χ4v) is 4.45. The van der Waals surface area contributed by atoms with Gasteiger partial charge in [0, 0.05) is 56.7 Å². The van der Waals surface area contributed by atoms with Gasteiger partial charge in [-0.1, -0.05) is 5.16 Å². The number of carbonyl (C=O) groups excluding carboxylic acids is 1. The van der Waals surface area contributed by atoms with Crippen LogP contribution in [0.15, 0.2) is 10.6 Å². The van der Waals surface area contributed by atoms with Crippen LogP contribution in [0.2, 0.25) is 0 Å². The number of nitrogens with one attached hydrogen (secondary N) is 1. The Morgan fingerprint density at radius 2 is 2.07 bits per heavy atom. The molecule has 0 bridgehead atoms. The second-order valence-electron chi connectivity index (χ2n) is 8.57. The highest BCUT2D eigenvalue weighted by molar-refractivity contribution is 5.92. The summed E-state index contributed by atoms with van der Waals surface area (Å²) >= 11 is 0.